The van der Waals surface area contributed by atoms with Gasteiger partial charge in [-0.1, -0.05) is 17.7 Å². The highest BCUT2D eigenvalue weighted by Crippen LogP contribution is 2.38. The fraction of sp³-hybridized carbons (Fsp3) is 0.571. The summed E-state index contributed by atoms with van der Waals surface area (Å²) in [5.74, 6) is 1.47. The largest absolute Gasteiger partial charge is 0.491 e. The minimum Gasteiger partial charge on any atom is -0.491 e. The fourth-order valence-corrected chi connectivity index (χ4v) is 2.17. The van der Waals surface area contributed by atoms with E-state index in [1.165, 1.54) is 12.8 Å². The fourth-order valence-electron chi connectivity index (χ4n) is 1.84. The number of halogens is 1. The van der Waals surface area contributed by atoms with E-state index in [2.05, 4.69) is 6.07 Å². The quantitative estimate of drug-likeness (QED) is 0.889. The first kappa shape index (κ1) is 12.7. The Hall–Kier alpha value is -0.730. The molecule has 0 heterocycles. The van der Waals surface area contributed by atoms with E-state index in [0.717, 1.165) is 23.5 Å². The highest BCUT2D eigenvalue weighted by molar-refractivity contribution is 6.32. The van der Waals surface area contributed by atoms with Crippen LogP contribution in [0.2, 0.25) is 5.02 Å². The lowest BCUT2D eigenvalue weighted by molar-refractivity contribution is 0.291. The lowest BCUT2D eigenvalue weighted by Crippen LogP contribution is -2.29. The number of ether oxygens (including phenoxy) is 1. The molecule has 1 aliphatic rings. The Morgan fingerprint density at radius 3 is 2.59 bits per heavy atom. The van der Waals surface area contributed by atoms with Crippen LogP contribution < -0.4 is 10.5 Å². The van der Waals surface area contributed by atoms with Gasteiger partial charge in [-0.15, -0.1) is 0 Å². The maximum absolute atomic E-state index is 6.26. The molecule has 1 aromatic carbocycles. The van der Waals surface area contributed by atoms with Crippen LogP contribution in [-0.2, 0) is 5.54 Å². The van der Waals surface area contributed by atoms with Crippen molar-refractivity contribution in [1.82, 2.24) is 0 Å². The van der Waals surface area contributed by atoms with E-state index in [1.807, 2.05) is 26.8 Å². The molecule has 3 heteroatoms. The standard InChI is InChI=1S/C14H20ClNO/c1-9-6-11(14(2,3)16)13(12(15)7-9)17-8-10-4-5-10/h6-7,10H,4-5,8,16H2,1-3H3. The average Bonchev–Trinajstić information content (AvgIpc) is 2.97. The lowest BCUT2D eigenvalue weighted by atomic mass is 9.93. The molecule has 2 nitrogen and oxygen atoms in total. The molecule has 1 saturated carbocycles. The molecule has 0 amide bonds. The normalized spacial score (nSPS) is 16.1. The number of aryl methyl sites for hydroxylation is 1. The van der Waals surface area contributed by atoms with E-state index in [9.17, 15) is 0 Å². The van der Waals surface area contributed by atoms with Gasteiger partial charge in [0.25, 0.3) is 0 Å². The smallest absolute Gasteiger partial charge is 0.142 e. The molecule has 0 saturated heterocycles. The predicted molar refractivity (Wildman–Crippen MR) is 71.6 cm³/mol. The maximum atomic E-state index is 6.26. The second-order valence-corrected chi connectivity index (χ2v) is 6.01. The number of hydrogen-bond donors (Lipinski definition) is 1. The van der Waals surface area contributed by atoms with Crippen LogP contribution in [-0.4, -0.2) is 6.61 Å². The monoisotopic (exact) mass is 253 g/mol. The molecule has 0 atom stereocenters. The van der Waals surface area contributed by atoms with Crippen LogP contribution in [0.3, 0.4) is 0 Å². The minimum absolute atomic E-state index is 0.436. The molecule has 0 spiro atoms. The molecule has 0 aromatic heterocycles. The second kappa shape index (κ2) is 4.51. The summed E-state index contributed by atoms with van der Waals surface area (Å²) >= 11 is 6.26. The zero-order valence-corrected chi connectivity index (χ0v) is 11.5. The molecule has 2 rings (SSSR count). The summed E-state index contributed by atoms with van der Waals surface area (Å²) in [6.07, 6.45) is 2.54. The molecule has 1 aromatic rings. The average molecular weight is 254 g/mol. The van der Waals surface area contributed by atoms with Crippen molar-refractivity contribution in [2.24, 2.45) is 11.7 Å². The molecule has 17 heavy (non-hydrogen) atoms. The third-order valence-electron chi connectivity index (χ3n) is 3.04. The Labute approximate surface area is 108 Å². The highest BCUT2D eigenvalue weighted by atomic mass is 35.5. The first-order chi connectivity index (χ1) is 7.88. The third kappa shape index (κ3) is 3.14. The summed E-state index contributed by atoms with van der Waals surface area (Å²) in [4.78, 5) is 0. The summed E-state index contributed by atoms with van der Waals surface area (Å²) in [6, 6.07) is 3.99. The molecule has 1 aliphatic carbocycles. The predicted octanol–water partition coefficient (Wildman–Crippen LogP) is 3.63. The van der Waals surface area contributed by atoms with Crippen molar-refractivity contribution in [2.75, 3.05) is 6.61 Å². The van der Waals surface area contributed by atoms with Crippen LogP contribution in [0.4, 0.5) is 0 Å². The van der Waals surface area contributed by atoms with Crippen molar-refractivity contribution in [3.63, 3.8) is 0 Å². The van der Waals surface area contributed by atoms with Gasteiger partial charge in [0.05, 0.1) is 11.6 Å². The van der Waals surface area contributed by atoms with E-state index >= 15 is 0 Å². The van der Waals surface area contributed by atoms with Gasteiger partial charge in [-0.25, -0.2) is 0 Å². The van der Waals surface area contributed by atoms with Crippen molar-refractivity contribution >= 4 is 11.6 Å². The Morgan fingerprint density at radius 2 is 2.06 bits per heavy atom. The summed E-state index contributed by atoms with van der Waals surface area (Å²) in [7, 11) is 0. The van der Waals surface area contributed by atoms with Crippen LogP contribution in [0.5, 0.6) is 5.75 Å². The van der Waals surface area contributed by atoms with E-state index in [0.29, 0.717) is 10.9 Å². The van der Waals surface area contributed by atoms with Crippen LogP contribution in [0.1, 0.15) is 37.8 Å². The molecular formula is C14H20ClNO. The summed E-state index contributed by atoms with van der Waals surface area (Å²) in [5.41, 5.74) is 7.85. The maximum Gasteiger partial charge on any atom is 0.142 e. The second-order valence-electron chi connectivity index (χ2n) is 5.60. The van der Waals surface area contributed by atoms with E-state index in [-0.39, 0.29) is 0 Å². The summed E-state index contributed by atoms with van der Waals surface area (Å²) in [6.45, 7) is 6.72. The molecule has 0 radical (unpaired) electrons. The summed E-state index contributed by atoms with van der Waals surface area (Å²) in [5, 5.41) is 0.666. The van der Waals surface area contributed by atoms with Crippen molar-refractivity contribution in [2.45, 2.75) is 39.2 Å². The van der Waals surface area contributed by atoms with Gasteiger partial charge < -0.3 is 10.5 Å². The van der Waals surface area contributed by atoms with E-state index in [4.69, 9.17) is 22.1 Å². The SMILES string of the molecule is Cc1cc(Cl)c(OCC2CC2)c(C(C)(C)N)c1. The first-order valence-corrected chi connectivity index (χ1v) is 6.48. The van der Waals surface area contributed by atoms with Crippen LogP contribution >= 0.6 is 11.6 Å². The van der Waals surface area contributed by atoms with E-state index in [1.54, 1.807) is 0 Å². The summed E-state index contributed by atoms with van der Waals surface area (Å²) < 4.78 is 5.86. The van der Waals surface area contributed by atoms with Gasteiger partial charge in [0.15, 0.2) is 0 Å². The van der Waals surface area contributed by atoms with Crippen molar-refractivity contribution in [3.05, 3.63) is 28.3 Å². The van der Waals surface area contributed by atoms with Crippen molar-refractivity contribution in [1.29, 1.82) is 0 Å². The molecular weight excluding hydrogens is 234 g/mol. The van der Waals surface area contributed by atoms with E-state index < -0.39 is 5.54 Å². The Balaban J connectivity index is 2.32. The molecule has 94 valence electrons. The van der Waals surface area contributed by atoms with Gasteiger partial charge in [0.2, 0.25) is 0 Å². The number of hydrogen-bond acceptors (Lipinski definition) is 2. The van der Waals surface area contributed by atoms with Crippen LogP contribution in [0.25, 0.3) is 0 Å². The lowest BCUT2D eigenvalue weighted by Gasteiger charge is -2.24. The molecule has 1 fully saturated rings. The van der Waals surface area contributed by atoms with Crippen molar-refractivity contribution in [3.8, 4) is 5.75 Å². The topological polar surface area (TPSA) is 35.2 Å². The molecule has 0 bridgehead atoms. The zero-order valence-electron chi connectivity index (χ0n) is 10.7. The number of nitrogens with two attached hydrogens (primary N) is 1. The van der Waals surface area contributed by atoms with Gasteiger partial charge >= 0.3 is 0 Å². The van der Waals surface area contributed by atoms with Gasteiger partial charge in [-0.3, -0.25) is 0 Å². The van der Waals surface area contributed by atoms with Crippen molar-refractivity contribution < 1.29 is 4.74 Å². The Kier molecular flexibility index (Phi) is 3.37. The molecule has 0 aliphatic heterocycles. The Bertz CT molecular complexity index is 419. The highest BCUT2D eigenvalue weighted by Gasteiger charge is 2.26. The van der Waals surface area contributed by atoms with Crippen LogP contribution in [0.15, 0.2) is 12.1 Å². The van der Waals surface area contributed by atoms with Gasteiger partial charge in [0, 0.05) is 11.1 Å². The van der Waals surface area contributed by atoms with Gasteiger partial charge in [0.1, 0.15) is 5.75 Å². The van der Waals surface area contributed by atoms with Gasteiger partial charge in [-0.2, -0.15) is 0 Å². The van der Waals surface area contributed by atoms with Gasteiger partial charge in [-0.05, 0) is 51.2 Å². The molecule has 0 unspecified atom stereocenters. The molecule has 2 N–H and O–H groups in total. The first-order valence-electron chi connectivity index (χ1n) is 6.10. The third-order valence-corrected chi connectivity index (χ3v) is 3.32. The number of benzene rings is 1. The Morgan fingerprint density at radius 1 is 1.41 bits per heavy atom. The minimum atomic E-state index is -0.436. The zero-order chi connectivity index (χ0) is 12.6. The van der Waals surface area contributed by atoms with Crippen LogP contribution in [0, 0.1) is 12.8 Å². The number of rotatable bonds is 4.